The van der Waals surface area contributed by atoms with Crippen LogP contribution < -0.4 is 0 Å². The first kappa shape index (κ1) is 20.6. The number of benzene rings is 2. The van der Waals surface area contributed by atoms with E-state index in [9.17, 15) is 10.1 Å². The second kappa shape index (κ2) is 9.87. The molecule has 4 nitrogen and oxygen atoms in total. The molecule has 2 aromatic carbocycles. The third-order valence-corrected chi connectivity index (χ3v) is 5.01. The molecule has 0 amide bonds. The molecule has 1 aromatic heterocycles. The third kappa shape index (κ3) is 4.73. The number of aromatic nitrogens is 1. The molecule has 1 heterocycles. The maximum atomic E-state index is 10.9. The van der Waals surface area contributed by atoms with Crippen LogP contribution in [0.25, 0.3) is 16.3 Å². The average Bonchev–Trinajstić information content (AvgIpc) is 3.21. The fraction of sp³-hybridized carbons (Fsp3) is 0.0870. The fourth-order valence-electron chi connectivity index (χ4n) is 2.74. The van der Waals surface area contributed by atoms with Crippen molar-refractivity contribution in [2.45, 2.75) is 13.3 Å². The van der Waals surface area contributed by atoms with Crippen molar-refractivity contribution in [1.82, 2.24) is 4.98 Å². The van der Waals surface area contributed by atoms with Gasteiger partial charge >= 0.3 is 5.97 Å². The maximum absolute atomic E-state index is 10.9. The number of hydrogen-bond acceptors (Lipinski definition) is 4. The predicted molar refractivity (Wildman–Crippen MR) is 114 cm³/mol. The smallest absolute Gasteiger partial charge is 0.347 e. The summed E-state index contributed by atoms with van der Waals surface area (Å²) in [7, 11) is 0. The van der Waals surface area contributed by atoms with Crippen molar-refractivity contribution in [3.63, 3.8) is 0 Å². The van der Waals surface area contributed by atoms with Crippen molar-refractivity contribution < 1.29 is 9.90 Å². The lowest BCUT2D eigenvalue weighted by Crippen LogP contribution is -1.90. The SMILES string of the molecule is C#C.C/C=C(\C(C#N)=C/Cc1ncc(C(=O)O)s1)c1ccc2ccccc2c1. The quantitative estimate of drug-likeness (QED) is 0.365. The van der Waals surface area contributed by atoms with Crippen LogP contribution in [0.15, 0.2) is 66.4 Å². The molecule has 0 aliphatic carbocycles. The van der Waals surface area contributed by atoms with Gasteiger partial charge in [-0.2, -0.15) is 5.26 Å². The lowest BCUT2D eigenvalue weighted by Gasteiger charge is -2.08. The van der Waals surface area contributed by atoms with Crippen molar-refractivity contribution in [2.75, 3.05) is 0 Å². The van der Waals surface area contributed by atoms with E-state index >= 15 is 0 Å². The minimum absolute atomic E-state index is 0.202. The largest absolute Gasteiger partial charge is 0.477 e. The standard InChI is InChI=1S/C21H16N2O2S.C2H2/c1-2-18(16-8-7-14-5-3-4-6-15(14)11-16)17(12-22)9-10-20-23-13-19(26-20)21(24)25;1-2/h2-9,11,13H,10H2,1H3,(H,24,25);1-2H/b17-9-,18-2-;. The van der Waals surface area contributed by atoms with Crippen molar-refractivity contribution in [3.8, 4) is 18.9 Å². The monoisotopic (exact) mass is 386 g/mol. The highest BCUT2D eigenvalue weighted by Crippen LogP contribution is 2.27. The molecule has 0 radical (unpaired) electrons. The molecule has 3 aromatic rings. The normalized spacial score (nSPS) is 11.4. The molecule has 1 N–H and O–H groups in total. The average molecular weight is 386 g/mol. The van der Waals surface area contributed by atoms with E-state index in [0.29, 0.717) is 17.0 Å². The van der Waals surface area contributed by atoms with E-state index in [0.717, 1.165) is 33.2 Å². The van der Waals surface area contributed by atoms with Gasteiger partial charge in [-0.15, -0.1) is 24.2 Å². The zero-order valence-electron chi connectivity index (χ0n) is 15.3. The fourth-order valence-corrected chi connectivity index (χ4v) is 3.46. The lowest BCUT2D eigenvalue weighted by atomic mass is 9.95. The van der Waals surface area contributed by atoms with Gasteiger partial charge in [-0.1, -0.05) is 48.6 Å². The highest BCUT2D eigenvalue weighted by atomic mass is 32.1. The van der Waals surface area contributed by atoms with Crippen LogP contribution in [0.2, 0.25) is 0 Å². The Balaban J connectivity index is 0.00000136. The van der Waals surface area contributed by atoms with Crippen molar-refractivity contribution in [1.29, 1.82) is 5.26 Å². The summed E-state index contributed by atoms with van der Waals surface area (Å²) in [5.74, 6) is -0.983. The molecule has 0 bridgehead atoms. The molecule has 28 heavy (non-hydrogen) atoms. The molecule has 0 spiro atoms. The molecule has 3 rings (SSSR count). The van der Waals surface area contributed by atoms with Gasteiger partial charge in [0.05, 0.1) is 22.8 Å². The summed E-state index contributed by atoms with van der Waals surface area (Å²) in [5, 5.41) is 21.5. The zero-order chi connectivity index (χ0) is 20.5. The number of terminal acetylenes is 1. The van der Waals surface area contributed by atoms with E-state index in [1.165, 1.54) is 6.20 Å². The van der Waals surface area contributed by atoms with Gasteiger partial charge in [0.25, 0.3) is 0 Å². The zero-order valence-corrected chi connectivity index (χ0v) is 16.1. The van der Waals surface area contributed by atoms with Crippen LogP contribution in [-0.2, 0) is 6.42 Å². The molecule has 0 saturated heterocycles. The van der Waals surface area contributed by atoms with Crippen molar-refractivity contribution in [2.24, 2.45) is 0 Å². The summed E-state index contributed by atoms with van der Waals surface area (Å²) >= 11 is 1.13. The summed E-state index contributed by atoms with van der Waals surface area (Å²) in [6.45, 7) is 1.90. The molecular weight excluding hydrogens is 368 g/mol. The molecule has 0 atom stereocenters. The molecule has 0 aliphatic heterocycles. The first-order valence-electron chi connectivity index (χ1n) is 8.40. The van der Waals surface area contributed by atoms with Gasteiger partial charge < -0.3 is 5.11 Å². The van der Waals surface area contributed by atoms with E-state index in [1.807, 2.05) is 43.3 Å². The lowest BCUT2D eigenvalue weighted by molar-refractivity contribution is 0.0702. The summed E-state index contributed by atoms with van der Waals surface area (Å²) in [6, 6.07) is 16.5. The Labute approximate surface area is 168 Å². The summed E-state index contributed by atoms with van der Waals surface area (Å²) < 4.78 is 0. The maximum Gasteiger partial charge on any atom is 0.347 e. The molecular formula is C23H18N2O2S. The van der Waals surface area contributed by atoms with Crippen LogP contribution >= 0.6 is 11.3 Å². The number of carbonyl (C=O) groups is 1. The summed E-state index contributed by atoms with van der Waals surface area (Å²) in [4.78, 5) is 15.3. The second-order valence-corrected chi connectivity index (χ2v) is 6.74. The first-order chi connectivity index (χ1) is 13.6. The van der Waals surface area contributed by atoms with E-state index in [2.05, 4.69) is 36.0 Å². The number of thiazole rings is 1. The Bertz CT molecular complexity index is 1110. The van der Waals surface area contributed by atoms with Gasteiger partial charge in [-0.25, -0.2) is 9.78 Å². The van der Waals surface area contributed by atoms with Crippen LogP contribution in [-0.4, -0.2) is 16.1 Å². The predicted octanol–water partition coefficient (Wildman–Crippen LogP) is 5.34. The molecule has 138 valence electrons. The van der Waals surface area contributed by atoms with E-state index in [4.69, 9.17) is 5.11 Å². The van der Waals surface area contributed by atoms with Crippen LogP contribution in [0.4, 0.5) is 0 Å². The molecule has 5 heteroatoms. The van der Waals surface area contributed by atoms with E-state index < -0.39 is 5.97 Å². The van der Waals surface area contributed by atoms with Gasteiger partial charge in [0.2, 0.25) is 0 Å². The number of nitrogens with zero attached hydrogens (tertiary/aromatic N) is 2. The van der Waals surface area contributed by atoms with Crippen LogP contribution in [0.1, 0.15) is 27.2 Å². The molecule has 0 unspecified atom stereocenters. The molecule has 0 fully saturated rings. The molecule has 0 aliphatic rings. The van der Waals surface area contributed by atoms with Crippen molar-refractivity contribution in [3.05, 3.63) is 81.8 Å². The summed E-state index contributed by atoms with van der Waals surface area (Å²) in [6.07, 6.45) is 13.5. The van der Waals surface area contributed by atoms with Gasteiger partial charge in [-0.3, -0.25) is 0 Å². The van der Waals surface area contributed by atoms with Gasteiger partial charge in [0, 0.05) is 6.42 Å². The number of fused-ring (bicyclic) bond motifs is 1. The van der Waals surface area contributed by atoms with Crippen LogP contribution in [0.3, 0.4) is 0 Å². The minimum Gasteiger partial charge on any atom is -0.477 e. The molecule has 0 saturated carbocycles. The number of rotatable bonds is 5. The van der Waals surface area contributed by atoms with E-state index in [1.54, 1.807) is 6.08 Å². The van der Waals surface area contributed by atoms with Crippen LogP contribution in [0.5, 0.6) is 0 Å². The highest BCUT2D eigenvalue weighted by molar-refractivity contribution is 7.13. The second-order valence-electron chi connectivity index (χ2n) is 5.62. The first-order valence-corrected chi connectivity index (χ1v) is 9.21. The van der Waals surface area contributed by atoms with Gasteiger partial charge in [-0.05, 0) is 34.9 Å². The number of carboxylic acid groups (broad SMARTS) is 1. The number of allylic oxidation sites excluding steroid dienone is 4. The Morgan fingerprint density at radius 3 is 2.57 bits per heavy atom. The van der Waals surface area contributed by atoms with Gasteiger partial charge in [0.15, 0.2) is 0 Å². The third-order valence-electron chi connectivity index (χ3n) is 4.00. The number of carboxylic acids is 1. The Morgan fingerprint density at radius 1 is 1.25 bits per heavy atom. The topological polar surface area (TPSA) is 74.0 Å². The Kier molecular flexibility index (Phi) is 7.28. The Hall–Kier alpha value is -3.67. The Morgan fingerprint density at radius 2 is 1.96 bits per heavy atom. The number of aromatic carboxylic acids is 1. The highest BCUT2D eigenvalue weighted by Gasteiger charge is 2.10. The minimum atomic E-state index is -0.983. The van der Waals surface area contributed by atoms with Crippen molar-refractivity contribution >= 4 is 33.7 Å². The summed E-state index contributed by atoms with van der Waals surface area (Å²) in [5.41, 5.74) is 2.38. The number of hydrogen-bond donors (Lipinski definition) is 1. The number of nitriles is 1. The van der Waals surface area contributed by atoms with Gasteiger partial charge in [0.1, 0.15) is 4.88 Å². The van der Waals surface area contributed by atoms with Crippen LogP contribution in [0, 0.1) is 24.2 Å². The van der Waals surface area contributed by atoms with E-state index in [-0.39, 0.29) is 4.88 Å².